The molecule has 0 aliphatic carbocycles. The number of rotatable bonds is 2. The number of hydrogen-bond acceptors (Lipinski definition) is 5. The molecular formula is C11H18N2O5. The van der Waals surface area contributed by atoms with Crippen molar-refractivity contribution in [1.82, 2.24) is 10.2 Å². The van der Waals surface area contributed by atoms with Gasteiger partial charge in [-0.3, -0.25) is 15.0 Å². The van der Waals surface area contributed by atoms with Crippen LogP contribution < -0.4 is 5.32 Å². The average molecular weight is 258 g/mol. The van der Waals surface area contributed by atoms with Gasteiger partial charge in [-0.2, -0.15) is 0 Å². The van der Waals surface area contributed by atoms with Crippen LogP contribution >= 0.6 is 0 Å². The second-order valence-electron chi connectivity index (χ2n) is 5.39. The molecule has 102 valence electrons. The Bertz CT molecular complexity index is 370. The van der Waals surface area contributed by atoms with Crippen LogP contribution in [0.1, 0.15) is 20.3 Å². The molecule has 0 aromatic rings. The van der Waals surface area contributed by atoms with Crippen molar-refractivity contribution in [3.8, 4) is 0 Å². The Morgan fingerprint density at radius 2 is 2.17 bits per heavy atom. The monoisotopic (exact) mass is 258 g/mol. The number of aliphatic hydroxyl groups is 2. The third-order valence-corrected chi connectivity index (χ3v) is 3.39. The summed E-state index contributed by atoms with van der Waals surface area (Å²) in [5, 5.41) is 20.9. The van der Waals surface area contributed by atoms with Crippen molar-refractivity contribution in [1.29, 1.82) is 0 Å². The fourth-order valence-corrected chi connectivity index (χ4v) is 2.21. The number of carbonyl (C=O) groups excluding carboxylic acids is 2. The molecule has 2 fully saturated rings. The van der Waals surface area contributed by atoms with Gasteiger partial charge in [0.1, 0.15) is 12.3 Å². The molecule has 7 heteroatoms. The van der Waals surface area contributed by atoms with E-state index in [1.807, 2.05) is 0 Å². The zero-order valence-corrected chi connectivity index (χ0v) is 10.4. The highest BCUT2D eigenvalue weighted by Crippen LogP contribution is 2.29. The Hall–Kier alpha value is -1.18. The van der Waals surface area contributed by atoms with E-state index in [1.165, 1.54) is 4.90 Å². The van der Waals surface area contributed by atoms with Gasteiger partial charge in [-0.15, -0.1) is 0 Å². The quantitative estimate of drug-likeness (QED) is 0.592. The molecule has 0 spiro atoms. The maximum Gasteiger partial charge on any atom is 0.326 e. The van der Waals surface area contributed by atoms with Gasteiger partial charge in [-0.05, 0) is 13.8 Å². The van der Waals surface area contributed by atoms with Gasteiger partial charge in [0.25, 0.3) is 0 Å². The van der Waals surface area contributed by atoms with Gasteiger partial charge < -0.3 is 14.9 Å². The molecular weight excluding hydrogens is 240 g/mol. The highest BCUT2D eigenvalue weighted by atomic mass is 16.5. The van der Waals surface area contributed by atoms with Crippen LogP contribution in [0.25, 0.3) is 0 Å². The van der Waals surface area contributed by atoms with E-state index < -0.39 is 29.9 Å². The van der Waals surface area contributed by atoms with E-state index in [0.717, 1.165) is 0 Å². The van der Waals surface area contributed by atoms with Gasteiger partial charge in [0.05, 0.1) is 18.1 Å². The molecule has 0 unspecified atom stereocenters. The summed E-state index contributed by atoms with van der Waals surface area (Å²) in [6.45, 7) is 3.40. The van der Waals surface area contributed by atoms with Gasteiger partial charge >= 0.3 is 6.03 Å². The minimum Gasteiger partial charge on any atom is -0.394 e. The highest BCUT2D eigenvalue weighted by molar-refractivity contribution is 5.99. The maximum absolute atomic E-state index is 11.8. The van der Waals surface area contributed by atoms with Crippen LogP contribution in [0.3, 0.4) is 0 Å². The van der Waals surface area contributed by atoms with Gasteiger partial charge in [-0.25, -0.2) is 4.79 Å². The number of imide groups is 1. The number of nitrogens with zero attached hydrogens (tertiary/aromatic N) is 1. The summed E-state index contributed by atoms with van der Waals surface area (Å²) in [6.07, 6.45) is -1.84. The summed E-state index contributed by atoms with van der Waals surface area (Å²) in [5.41, 5.74) is -0.695. The fourth-order valence-electron chi connectivity index (χ4n) is 2.21. The molecule has 3 N–H and O–H groups in total. The SMILES string of the molecule is CC1(C)CN([C@H]2C[C@H](O)[C@@H](CO)O2)C(=O)NC1=O. The van der Waals surface area contributed by atoms with Crippen molar-refractivity contribution in [2.75, 3.05) is 13.2 Å². The van der Waals surface area contributed by atoms with Crippen LogP contribution in [0.15, 0.2) is 0 Å². The number of carbonyl (C=O) groups is 2. The molecule has 0 radical (unpaired) electrons. The van der Waals surface area contributed by atoms with Gasteiger partial charge in [-0.1, -0.05) is 0 Å². The smallest absolute Gasteiger partial charge is 0.326 e. The van der Waals surface area contributed by atoms with E-state index in [0.29, 0.717) is 0 Å². The van der Waals surface area contributed by atoms with Crippen molar-refractivity contribution in [3.05, 3.63) is 0 Å². The van der Waals surface area contributed by atoms with E-state index >= 15 is 0 Å². The van der Waals surface area contributed by atoms with Crippen molar-refractivity contribution < 1.29 is 24.5 Å². The molecule has 0 aromatic carbocycles. The molecule has 3 atom stereocenters. The number of urea groups is 1. The second-order valence-corrected chi connectivity index (χ2v) is 5.39. The lowest BCUT2D eigenvalue weighted by atomic mass is 9.90. The normalized spacial score (nSPS) is 35.8. The number of hydrogen-bond donors (Lipinski definition) is 3. The van der Waals surface area contributed by atoms with Crippen LogP contribution in [0.4, 0.5) is 4.79 Å². The highest BCUT2D eigenvalue weighted by Gasteiger charge is 2.45. The lowest BCUT2D eigenvalue weighted by Crippen LogP contribution is -2.61. The first-order chi connectivity index (χ1) is 8.35. The van der Waals surface area contributed by atoms with Crippen molar-refractivity contribution in [3.63, 3.8) is 0 Å². The summed E-state index contributed by atoms with van der Waals surface area (Å²) in [4.78, 5) is 24.7. The van der Waals surface area contributed by atoms with Crippen LogP contribution in [0.5, 0.6) is 0 Å². The Morgan fingerprint density at radius 3 is 2.72 bits per heavy atom. The Labute approximate surface area is 105 Å². The Balaban J connectivity index is 2.10. The minimum absolute atomic E-state index is 0.229. The standard InChI is InChI=1S/C11H18N2O5/c1-11(2)5-13(10(17)12-9(11)16)8-3-6(15)7(4-14)18-8/h6-8,14-15H,3-5H2,1-2H3,(H,12,16,17)/t6-,7+,8+/m0/s1. The number of ether oxygens (including phenoxy) is 1. The molecule has 7 nitrogen and oxygen atoms in total. The Kier molecular flexibility index (Phi) is 3.31. The molecule has 2 saturated heterocycles. The largest absolute Gasteiger partial charge is 0.394 e. The number of aliphatic hydroxyl groups excluding tert-OH is 2. The number of nitrogens with one attached hydrogen (secondary N) is 1. The van der Waals surface area contributed by atoms with Gasteiger partial charge in [0.15, 0.2) is 0 Å². The molecule has 0 bridgehead atoms. The summed E-state index contributed by atoms with van der Waals surface area (Å²) in [7, 11) is 0. The number of amides is 3. The molecule has 2 rings (SSSR count). The summed E-state index contributed by atoms with van der Waals surface area (Å²) in [5.74, 6) is -0.319. The molecule has 2 aliphatic heterocycles. The van der Waals surface area contributed by atoms with E-state index in [2.05, 4.69) is 5.32 Å². The van der Waals surface area contributed by atoms with Crippen LogP contribution in [0.2, 0.25) is 0 Å². The molecule has 3 amide bonds. The zero-order valence-electron chi connectivity index (χ0n) is 10.4. The predicted octanol–water partition coefficient (Wildman–Crippen LogP) is -0.967. The molecule has 2 heterocycles. The summed E-state index contributed by atoms with van der Waals surface area (Å²) >= 11 is 0. The zero-order chi connectivity index (χ0) is 13.5. The van der Waals surface area contributed by atoms with Crippen molar-refractivity contribution in [2.45, 2.75) is 38.7 Å². The van der Waals surface area contributed by atoms with E-state index in [4.69, 9.17) is 9.84 Å². The van der Waals surface area contributed by atoms with Gasteiger partial charge in [0.2, 0.25) is 5.91 Å². The van der Waals surface area contributed by atoms with E-state index in [1.54, 1.807) is 13.8 Å². The minimum atomic E-state index is -0.798. The first-order valence-corrected chi connectivity index (χ1v) is 5.91. The predicted molar refractivity (Wildman–Crippen MR) is 60.4 cm³/mol. The van der Waals surface area contributed by atoms with Crippen molar-refractivity contribution in [2.24, 2.45) is 5.41 Å². The third kappa shape index (κ3) is 2.21. The summed E-state index contributed by atoms with van der Waals surface area (Å²) in [6, 6.07) is -0.518. The second kappa shape index (κ2) is 4.49. The van der Waals surface area contributed by atoms with Crippen LogP contribution in [0, 0.1) is 5.41 Å². The van der Waals surface area contributed by atoms with Crippen LogP contribution in [-0.2, 0) is 9.53 Å². The van der Waals surface area contributed by atoms with Gasteiger partial charge in [0, 0.05) is 13.0 Å². The fraction of sp³-hybridized carbons (Fsp3) is 0.818. The molecule has 2 aliphatic rings. The average Bonchev–Trinajstić information content (AvgIpc) is 2.65. The lowest BCUT2D eigenvalue weighted by Gasteiger charge is -2.39. The third-order valence-electron chi connectivity index (χ3n) is 3.39. The molecule has 0 saturated carbocycles. The van der Waals surface area contributed by atoms with Crippen molar-refractivity contribution >= 4 is 11.9 Å². The molecule has 18 heavy (non-hydrogen) atoms. The Morgan fingerprint density at radius 1 is 1.50 bits per heavy atom. The topological polar surface area (TPSA) is 99.1 Å². The lowest BCUT2D eigenvalue weighted by molar-refractivity contribution is -0.135. The molecule has 0 aromatic heterocycles. The van der Waals surface area contributed by atoms with E-state index in [9.17, 15) is 14.7 Å². The van der Waals surface area contributed by atoms with Crippen LogP contribution in [-0.4, -0.2) is 58.6 Å². The first-order valence-electron chi connectivity index (χ1n) is 5.91. The first kappa shape index (κ1) is 13.3. The summed E-state index contributed by atoms with van der Waals surface area (Å²) < 4.78 is 5.42. The maximum atomic E-state index is 11.8. The van der Waals surface area contributed by atoms with E-state index in [-0.39, 0.29) is 25.5 Å².